The number of nitrogen functional groups attached to an aromatic ring is 1. The van der Waals surface area contributed by atoms with Crippen molar-refractivity contribution in [1.29, 1.82) is 0 Å². The molecule has 1 unspecified atom stereocenters. The Kier molecular flexibility index (Phi) is 4.25. The lowest BCUT2D eigenvalue weighted by Gasteiger charge is -2.40. The van der Waals surface area contributed by atoms with E-state index in [1.165, 1.54) is 6.33 Å². The summed E-state index contributed by atoms with van der Waals surface area (Å²) in [4.78, 5) is 28.9. The molecule has 146 valence electrons. The van der Waals surface area contributed by atoms with Gasteiger partial charge in [0.1, 0.15) is 38.1 Å². The van der Waals surface area contributed by atoms with Gasteiger partial charge in [-0.1, -0.05) is 0 Å². The fourth-order valence-electron chi connectivity index (χ4n) is 3.41. The molecule has 2 saturated heterocycles. The van der Waals surface area contributed by atoms with Crippen molar-refractivity contribution in [2.75, 3.05) is 12.3 Å². The summed E-state index contributed by atoms with van der Waals surface area (Å²) in [5.74, 6) is 0.619. The lowest BCUT2D eigenvalue weighted by Crippen LogP contribution is -2.42. The van der Waals surface area contributed by atoms with E-state index in [0.29, 0.717) is 22.6 Å². The number of aliphatic hydroxyl groups excluding tert-OH is 1. The third-order valence-corrected chi connectivity index (χ3v) is 6.18. The van der Waals surface area contributed by atoms with Crippen LogP contribution < -0.4 is 10.6 Å². The molecule has 0 aliphatic carbocycles. The molecule has 5 rings (SSSR count). The van der Waals surface area contributed by atoms with Crippen LogP contribution in [0.1, 0.15) is 6.23 Å². The molecule has 5 atom stereocenters. The van der Waals surface area contributed by atoms with Gasteiger partial charge in [-0.15, -0.1) is 0 Å². The Bertz CT molecular complexity index is 1040. The molecule has 2 aliphatic rings. The molecule has 3 N–H and O–H groups in total. The molecule has 3 aromatic rings. The lowest BCUT2D eigenvalue weighted by molar-refractivity contribution is -0.229. The second-order valence-corrected chi connectivity index (χ2v) is 9.05. The van der Waals surface area contributed by atoms with Gasteiger partial charge in [0.05, 0.1) is 0 Å². The highest BCUT2D eigenvalue weighted by Gasteiger charge is 2.52. The number of nitrogens with two attached hydrogens (primary N) is 1. The van der Waals surface area contributed by atoms with Crippen molar-refractivity contribution in [1.82, 2.24) is 24.5 Å². The molecule has 13 heteroatoms. The lowest BCUT2D eigenvalue weighted by atomic mass is 10.1. The van der Waals surface area contributed by atoms with Crippen LogP contribution in [0, 0.1) is 0 Å². The van der Waals surface area contributed by atoms with Crippen LogP contribution in [0.25, 0.3) is 22.6 Å². The number of pyridine rings is 1. The minimum absolute atomic E-state index is 0.0506. The SMILES string of the molecule is Nc1ncnc2c1nc(-c1cccnc1)n2[C@@H]1O[C@@H]2CO[P+]([O-])([S-])O[C@H]2[C@H]1O. The minimum Gasteiger partial charge on any atom is -0.648 e. The van der Waals surface area contributed by atoms with Crippen LogP contribution in [-0.2, 0) is 26.0 Å². The summed E-state index contributed by atoms with van der Waals surface area (Å²) in [5, 5.41) is 10.9. The molecule has 0 radical (unpaired) electrons. The Morgan fingerprint density at radius 2 is 2.25 bits per heavy atom. The minimum atomic E-state index is -3.66. The zero-order valence-corrected chi connectivity index (χ0v) is 15.9. The number of anilines is 1. The first-order valence-corrected chi connectivity index (χ1v) is 10.9. The van der Waals surface area contributed by atoms with Crippen LogP contribution in [0.3, 0.4) is 0 Å². The summed E-state index contributed by atoms with van der Waals surface area (Å²) >= 11 is 4.79. The molecular weight excluding hydrogens is 407 g/mol. The topological polar surface area (TPSA) is 153 Å². The van der Waals surface area contributed by atoms with Crippen molar-refractivity contribution >= 4 is 36.4 Å². The standard InChI is InChI=1S/C15H15N6O5PS/c16-12-9-14(19-6-18-12)21(13(20-9)7-2-1-3-17-4-7)15-10(22)11-8(25-15)5-24-27(23,28)26-11/h1-4,6,8,10-11,15,22H,5H2,(H,23,28)(H2,16,18,19)/p-1/t8-,10-,11-,15-,27?/m1/s1. The fourth-order valence-corrected chi connectivity index (χ4v) is 4.84. The molecule has 0 saturated carbocycles. The van der Waals surface area contributed by atoms with E-state index >= 15 is 0 Å². The van der Waals surface area contributed by atoms with Crippen molar-refractivity contribution in [3.8, 4) is 11.4 Å². The third-order valence-electron chi connectivity index (χ3n) is 4.64. The van der Waals surface area contributed by atoms with Gasteiger partial charge >= 0.3 is 0 Å². The molecule has 11 nitrogen and oxygen atoms in total. The number of hydrogen-bond acceptors (Lipinski definition) is 11. The average molecular weight is 421 g/mol. The maximum atomic E-state index is 12.0. The fraction of sp³-hybridized carbons (Fsp3) is 0.333. The monoisotopic (exact) mass is 421 g/mol. The van der Waals surface area contributed by atoms with Crippen LogP contribution in [0.5, 0.6) is 0 Å². The van der Waals surface area contributed by atoms with E-state index in [2.05, 4.69) is 19.9 Å². The Balaban J connectivity index is 1.65. The van der Waals surface area contributed by atoms with Crippen molar-refractivity contribution in [3.63, 3.8) is 0 Å². The van der Waals surface area contributed by atoms with E-state index in [1.54, 1.807) is 29.1 Å². The normalized spacial score (nSPS) is 32.5. The first kappa shape index (κ1) is 18.1. The van der Waals surface area contributed by atoms with E-state index in [4.69, 9.17) is 31.8 Å². The summed E-state index contributed by atoms with van der Waals surface area (Å²) in [6.45, 7) is -0.0506. The first-order valence-electron chi connectivity index (χ1n) is 8.31. The van der Waals surface area contributed by atoms with Gasteiger partial charge in [-0.05, 0) is 12.1 Å². The van der Waals surface area contributed by atoms with E-state index in [-0.39, 0.29) is 12.4 Å². The summed E-state index contributed by atoms with van der Waals surface area (Å²) in [5.41, 5.74) is 7.36. The summed E-state index contributed by atoms with van der Waals surface area (Å²) in [6.07, 6.45) is 0.868. The van der Waals surface area contributed by atoms with E-state index < -0.39 is 31.7 Å². The van der Waals surface area contributed by atoms with Gasteiger partial charge in [0.15, 0.2) is 29.3 Å². The highest BCUT2D eigenvalue weighted by molar-refractivity contribution is 8.34. The number of hydrogen-bond donors (Lipinski definition) is 2. The Morgan fingerprint density at radius 1 is 1.39 bits per heavy atom. The summed E-state index contributed by atoms with van der Waals surface area (Å²) in [6, 6.07) is 3.56. The Labute approximate surface area is 164 Å². The van der Waals surface area contributed by atoms with Gasteiger partial charge in [-0.3, -0.25) is 9.55 Å². The number of fused-ring (bicyclic) bond motifs is 2. The third kappa shape index (κ3) is 2.85. The van der Waals surface area contributed by atoms with Crippen molar-refractivity contribution in [2.45, 2.75) is 24.5 Å². The predicted molar refractivity (Wildman–Crippen MR) is 98.0 cm³/mol. The maximum absolute atomic E-state index is 12.0. The highest BCUT2D eigenvalue weighted by Crippen LogP contribution is 2.57. The number of ether oxygens (including phenoxy) is 1. The molecule has 3 aromatic heterocycles. The van der Waals surface area contributed by atoms with Crippen LogP contribution in [-0.4, -0.2) is 54.5 Å². The van der Waals surface area contributed by atoms with Gasteiger partial charge in [-0.25, -0.2) is 24.0 Å². The molecule has 0 amide bonds. The first-order chi connectivity index (χ1) is 13.4. The van der Waals surface area contributed by atoms with Crippen LogP contribution in [0.2, 0.25) is 0 Å². The molecule has 0 bridgehead atoms. The van der Waals surface area contributed by atoms with Gasteiger partial charge < -0.3 is 32.7 Å². The van der Waals surface area contributed by atoms with Gasteiger partial charge in [0.2, 0.25) is 0 Å². The second-order valence-electron chi connectivity index (χ2n) is 6.35. The maximum Gasteiger partial charge on any atom is 0.168 e. The van der Waals surface area contributed by atoms with Crippen LogP contribution >= 0.6 is 7.15 Å². The van der Waals surface area contributed by atoms with E-state index in [1.807, 2.05) is 0 Å². The van der Waals surface area contributed by atoms with E-state index in [0.717, 1.165) is 0 Å². The highest BCUT2D eigenvalue weighted by atomic mass is 32.7. The molecule has 2 fully saturated rings. The number of aliphatic hydroxyl groups is 1. The molecule has 0 aromatic carbocycles. The average Bonchev–Trinajstić information content (AvgIpc) is 3.21. The number of aromatic nitrogens is 5. The quantitative estimate of drug-likeness (QED) is 0.415. The molecule has 0 spiro atoms. The van der Waals surface area contributed by atoms with Gasteiger partial charge in [0, 0.05) is 18.0 Å². The molecular formula is C15H14N6O5PS-. The molecule has 5 heterocycles. The second kappa shape index (κ2) is 6.56. The van der Waals surface area contributed by atoms with Gasteiger partial charge in [-0.2, -0.15) is 0 Å². The van der Waals surface area contributed by atoms with Crippen molar-refractivity contribution < 1.29 is 23.8 Å². The Morgan fingerprint density at radius 3 is 3.04 bits per heavy atom. The summed E-state index contributed by atoms with van der Waals surface area (Å²) < 4.78 is 17.9. The largest absolute Gasteiger partial charge is 0.648 e. The van der Waals surface area contributed by atoms with E-state index in [9.17, 15) is 10.00 Å². The predicted octanol–water partition coefficient (Wildman–Crippen LogP) is -0.271. The molecule has 28 heavy (non-hydrogen) atoms. The van der Waals surface area contributed by atoms with Crippen molar-refractivity contribution in [2.24, 2.45) is 0 Å². The number of nitrogens with zero attached hydrogens (tertiary/aromatic N) is 5. The molecule has 2 aliphatic heterocycles. The van der Waals surface area contributed by atoms with Crippen molar-refractivity contribution in [3.05, 3.63) is 30.9 Å². The Hall–Kier alpha value is -1.92. The van der Waals surface area contributed by atoms with Gasteiger partial charge in [0.25, 0.3) is 0 Å². The van der Waals surface area contributed by atoms with Crippen LogP contribution in [0.15, 0.2) is 30.9 Å². The smallest absolute Gasteiger partial charge is 0.168 e. The zero-order valence-electron chi connectivity index (χ0n) is 14.2. The zero-order chi connectivity index (χ0) is 19.5. The van der Waals surface area contributed by atoms with Crippen LogP contribution in [0.4, 0.5) is 5.82 Å². The summed E-state index contributed by atoms with van der Waals surface area (Å²) in [7, 11) is -3.66. The number of imidazole rings is 1. The number of rotatable bonds is 2.